The molecule has 0 aliphatic heterocycles. The molecule has 0 aromatic heterocycles. The molecule has 1 heteroatoms. The Labute approximate surface area is 129 Å². The molecule has 114 valence electrons. The molecule has 21 heavy (non-hydrogen) atoms. The van der Waals surface area contributed by atoms with Crippen LogP contribution in [0.3, 0.4) is 0 Å². The summed E-state index contributed by atoms with van der Waals surface area (Å²) in [6.07, 6.45) is 4.69. The van der Waals surface area contributed by atoms with Gasteiger partial charge in [0.2, 0.25) is 0 Å². The Morgan fingerprint density at radius 3 is 2.52 bits per heavy atom. The molecule has 2 aliphatic rings. The van der Waals surface area contributed by atoms with Crippen molar-refractivity contribution in [3.63, 3.8) is 0 Å². The van der Waals surface area contributed by atoms with E-state index in [9.17, 15) is 5.11 Å². The Morgan fingerprint density at radius 2 is 1.95 bits per heavy atom. The molecule has 0 saturated heterocycles. The molecule has 2 unspecified atom stereocenters. The van der Waals surface area contributed by atoms with Crippen LogP contribution in [0, 0.1) is 11.8 Å². The van der Waals surface area contributed by atoms with Crippen LogP contribution >= 0.6 is 0 Å². The minimum Gasteiger partial charge on any atom is -0.396 e. The summed E-state index contributed by atoms with van der Waals surface area (Å²) in [6.45, 7) is 11.9. The van der Waals surface area contributed by atoms with Crippen molar-refractivity contribution in [2.45, 2.75) is 58.3 Å². The average molecular weight is 284 g/mol. The lowest BCUT2D eigenvalue weighted by molar-refractivity contribution is 0.265. The maximum absolute atomic E-state index is 9.45. The minimum atomic E-state index is 0.188. The van der Waals surface area contributed by atoms with Crippen LogP contribution in [0.15, 0.2) is 24.3 Å². The van der Waals surface area contributed by atoms with Gasteiger partial charge in [0, 0.05) is 6.61 Å². The molecule has 0 heterocycles. The van der Waals surface area contributed by atoms with E-state index < -0.39 is 0 Å². The van der Waals surface area contributed by atoms with E-state index in [0.29, 0.717) is 18.4 Å². The molecule has 2 aliphatic carbocycles. The standard InChI is InChI=1S/C20H28O/c1-13(2)16-8-9-19(3,4)18-7-6-14(10-17(16)18)20(5)11-15(20)12-21/h6-8,10,13,15,21H,9,11-12H2,1-5H3. The first kappa shape index (κ1) is 14.8. The Morgan fingerprint density at radius 1 is 1.24 bits per heavy atom. The largest absolute Gasteiger partial charge is 0.396 e. The van der Waals surface area contributed by atoms with Crippen LogP contribution < -0.4 is 0 Å². The fourth-order valence-electron chi connectivity index (χ4n) is 3.93. The van der Waals surface area contributed by atoms with Gasteiger partial charge in [-0.15, -0.1) is 0 Å². The van der Waals surface area contributed by atoms with Crippen molar-refractivity contribution in [2.24, 2.45) is 11.8 Å². The fraction of sp³-hybridized carbons (Fsp3) is 0.600. The molecule has 1 N–H and O–H groups in total. The fourth-order valence-corrected chi connectivity index (χ4v) is 3.93. The van der Waals surface area contributed by atoms with Gasteiger partial charge in [0.25, 0.3) is 0 Å². The molecule has 0 bridgehead atoms. The van der Waals surface area contributed by atoms with E-state index in [0.717, 1.165) is 12.8 Å². The second kappa shape index (κ2) is 4.71. The zero-order valence-corrected chi connectivity index (χ0v) is 14.0. The van der Waals surface area contributed by atoms with Gasteiger partial charge in [0.1, 0.15) is 0 Å². The molecule has 1 nitrogen and oxygen atoms in total. The predicted molar refractivity (Wildman–Crippen MR) is 89.4 cm³/mol. The van der Waals surface area contributed by atoms with E-state index in [2.05, 4.69) is 58.9 Å². The van der Waals surface area contributed by atoms with Crippen molar-refractivity contribution >= 4 is 5.57 Å². The highest BCUT2D eigenvalue weighted by atomic mass is 16.3. The van der Waals surface area contributed by atoms with Crippen LogP contribution in [-0.4, -0.2) is 11.7 Å². The van der Waals surface area contributed by atoms with Gasteiger partial charge in [-0.2, -0.15) is 0 Å². The van der Waals surface area contributed by atoms with Gasteiger partial charge in [-0.1, -0.05) is 58.9 Å². The van der Waals surface area contributed by atoms with Crippen LogP contribution in [0.2, 0.25) is 0 Å². The lowest BCUT2D eigenvalue weighted by Gasteiger charge is -2.34. The summed E-state index contributed by atoms with van der Waals surface area (Å²) in [5.41, 5.74) is 6.26. The molecule has 1 saturated carbocycles. The van der Waals surface area contributed by atoms with Crippen molar-refractivity contribution in [2.75, 3.05) is 6.61 Å². The summed E-state index contributed by atoms with van der Waals surface area (Å²) in [6, 6.07) is 7.06. The van der Waals surface area contributed by atoms with Gasteiger partial charge in [-0.25, -0.2) is 0 Å². The highest BCUT2D eigenvalue weighted by molar-refractivity contribution is 5.74. The highest BCUT2D eigenvalue weighted by Crippen LogP contribution is 2.55. The van der Waals surface area contributed by atoms with E-state index in [1.165, 1.54) is 22.3 Å². The monoisotopic (exact) mass is 284 g/mol. The molecule has 0 spiro atoms. The second-order valence-corrected chi connectivity index (χ2v) is 8.16. The smallest absolute Gasteiger partial charge is 0.0468 e. The molecule has 2 atom stereocenters. The number of allylic oxidation sites excluding steroid dienone is 2. The first-order chi connectivity index (χ1) is 9.79. The number of aliphatic hydroxyl groups excluding tert-OH is 1. The number of hydrogen-bond donors (Lipinski definition) is 1. The van der Waals surface area contributed by atoms with Crippen LogP contribution in [0.4, 0.5) is 0 Å². The van der Waals surface area contributed by atoms with Crippen molar-refractivity contribution in [1.82, 2.24) is 0 Å². The van der Waals surface area contributed by atoms with E-state index in [-0.39, 0.29) is 10.8 Å². The summed E-state index contributed by atoms with van der Waals surface area (Å²) in [4.78, 5) is 0. The minimum absolute atomic E-state index is 0.188. The van der Waals surface area contributed by atoms with Gasteiger partial charge in [0.15, 0.2) is 0 Å². The van der Waals surface area contributed by atoms with Crippen LogP contribution in [0.1, 0.15) is 64.2 Å². The van der Waals surface area contributed by atoms with Gasteiger partial charge in [-0.05, 0) is 57.8 Å². The first-order valence-electron chi connectivity index (χ1n) is 8.26. The molecule has 1 aromatic rings. The number of hydrogen-bond acceptors (Lipinski definition) is 1. The second-order valence-electron chi connectivity index (χ2n) is 8.16. The van der Waals surface area contributed by atoms with E-state index in [1.807, 2.05) is 0 Å². The highest BCUT2D eigenvalue weighted by Gasteiger charge is 2.50. The Kier molecular flexibility index (Phi) is 3.33. The number of fused-ring (bicyclic) bond motifs is 1. The average Bonchev–Trinajstić information content (AvgIpc) is 3.10. The predicted octanol–water partition coefficient (Wildman–Crippen LogP) is 4.68. The maximum atomic E-state index is 9.45. The third kappa shape index (κ3) is 2.26. The SMILES string of the molecule is CC(C)C1=CCC(C)(C)c2ccc(C3(C)CC3CO)cc21. The molecular formula is C20H28O. The molecule has 1 aromatic carbocycles. The third-order valence-corrected chi connectivity index (χ3v) is 5.81. The Bertz CT molecular complexity index is 594. The third-order valence-electron chi connectivity index (χ3n) is 5.81. The van der Waals surface area contributed by atoms with Gasteiger partial charge < -0.3 is 5.11 Å². The van der Waals surface area contributed by atoms with Crippen molar-refractivity contribution in [1.29, 1.82) is 0 Å². The number of rotatable bonds is 3. The lowest BCUT2D eigenvalue weighted by atomic mass is 9.70. The van der Waals surface area contributed by atoms with Crippen LogP contribution in [-0.2, 0) is 10.8 Å². The van der Waals surface area contributed by atoms with Crippen molar-refractivity contribution < 1.29 is 5.11 Å². The van der Waals surface area contributed by atoms with Gasteiger partial charge in [-0.3, -0.25) is 0 Å². The van der Waals surface area contributed by atoms with Gasteiger partial charge >= 0.3 is 0 Å². The Balaban J connectivity index is 2.08. The van der Waals surface area contributed by atoms with Gasteiger partial charge in [0.05, 0.1) is 0 Å². The zero-order valence-electron chi connectivity index (χ0n) is 14.0. The van der Waals surface area contributed by atoms with E-state index >= 15 is 0 Å². The molecule has 0 amide bonds. The van der Waals surface area contributed by atoms with E-state index in [4.69, 9.17) is 0 Å². The summed E-state index contributed by atoms with van der Waals surface area (Å²) < 4.78 is 0. The maximum Gasteiger partial charge on any atom is 0.0468 e. The number of aliphatic hydroxyl groups is 1. The molecular weight excluding hydrogens is 256 g/mol. The van der Waals surface area contributed by atoms with Crippen LogP contribution in [0.25, 0.3) is 5.57 Å². The topological polar surface area (TPSA) is 20.2 Å². The quantitative estimate of drug-likeness (QED) is 0.854. The first-order valence-corrected chi connectivity index (χ1v) is 8.26. The van der Waals surface area contributed by atoms with Crippen LogP contribution in [0.5, 0.6) is 0 Å². The van der Waals surface area contributed by atoms with E-state index in [1.54, 1.807) is 0 Å². The number of benzene rings is 1. The molecule has 3 rings (SSSR count). The molecule has 0 radical (unpaired) electrons. The van der Waals surface area contributed by atoms with Crippen molar-refractivity contribution in [3.8, 4) is 0 Å². The summed E-state index contributed by atoms with van der Waals surface area (Å²) in [7, 11) is 0. The summed E-state index contributed by atoms with van der Waals surface area (Å²) in [5.74, 6) is 1.01. The Hall–Kier alpha value is -1.08. The molecule has 1 fully saturated rings. The summed E-state index contributed by atoms with van der Waals surface area (Å²) in [5, 5.41) is 9.45. The normalized spacial score (nSPS) is 30.0. The van der Waals surface area contributed by atoms with Crippen molar-refractivity contribution in [3.05, 3.63) is 41.0 Å². The lowest BCUT2D eigenvalue weighted by Crippen LogP contribution is -2.23. The summed E-state index contributed by atoms with van der Waals surface area (Å²) >= 11 is 0. The zero-order chi connectivity index (χ0) is 15.4.